The summed E-state index contributed by atoms with van der Waals surface area (Å²) in [6.07, 6.45) is 0. The average molecular weight is 309 g/mol. The Morgan fingerprint density at radius 3 is 2.19 bits per heavy atom. The predicted octanol–water partition coefficient (Wildman–Crippen LogP) is 4.24. The lowest BCUT2D eigenvalue weighted by molar-refractivity contribution is 0.397. The first-order chi connectivity index (χ1) is 9.83. The summed E-state index contributed by atoms with van der Waals surface area (Å²) in [6, 6.07) is 3.81. The number of halogens is 1. The Bertz CT molecular complexity index is 678. The van der Waals surface area contributed by atoms with E-state index in [2.05, 4.69) is 32.2 Å². The summed E-state index contributed by atoms with van der Waals surface area (Å²) in [7, 11) is 5.06. The zero-order chi connectivity index (χ0) is 15.8. The third-order valence-electron chi connectivity index (χ3n) is 3.46. The minimum Gasteiger partial charge on any atom is -0.495 e. The van der Waals surface area contributed by atoms with E-state index < -0.39 is 0 Å². The summed E-state index contributed by atoms with van der Waals surface area (Å²) in [5.41, 5.74) is 1.76. The Hall–Kier alpha value is -1.68. The highest BCUT2D eigenvalue weighted by atomic mass is 35.5. The van der Waals surface area contributed by atoms with Crippen molar-refractivity contribution in [1.82, 2.24) is 4.98 Å². The number of anilines is 1. The van der Waals surface area contributed by atoms with Crippen molar-refractivity contribution in [3.8, 4) is 11.5 Å². The zero-order valence-corrected chi connectivity index (χ0v) is 14.1. The summed E-state index contributed by atoms with van der Waals surface area (Å²) in [5, 5.41) is 4.53. The Balaban J connectivity index is 2.90. The number of hydrogen-bond acceptors (Lipinski definition) is 4. The van der Waals surface area contributed by atoms with Gasteiger partial charge in [-0.2, -0.15) is 0 Å². The zero-order valence-electron chi connectivity index (χ0n) is 13.3. The van der Waals surface area contributed by atoms with Crippen LogP contribution in [-0.4, -0.2) is 26.3 Å². The molecule has 0 spiro atoms. The lowest BCUT2D eigenvalue weighted by atomic mass is 9.86. The predicted molar refractivity (Wildman–Crippen MR) is 88.1 cm³/mol. The second-order valence-corrected chi connectivity index (χ2v) is 6.25. The molecule has 1 N–H and O–H groups in total. The van der Waals surface area contributed by atoms with Crippen LogP contribution in [0.25, 0.3) is 10.9 Å². The molecular formula is C16H21ClN2O2. The van der Waals surface area contributed by atoms with Gasteiger partial charge in [0.05, 0.1) is 19.2 Å². The van der Waals surface area contributed by atoms with Crippen LogP contribution in [0.5, 0.6) is 11.5 Å². The Labute approximate surface area is 130 Å². The first-order valence-electron chi connectivity index (χ1n) is 6.77. The van der Waals surface area contributed by atoms with Crippen LogP contribution in [0.3, 0.4) is 0 Å². The van der Waals surface area contributed by atoms with E-state index >= 15 is 0 Å². The molecule has 1 aromatic heterocycles. The van der Waals surface area contributed by atoms with Crippen molar-refractivity contribution in [3.05, 3.63) is 22.7 Å². The second kappa shape index (κ2) is 5.60. The van der Waals surface area contributed by atoms with Gasteiger partial charge in [0.25, 0.3) is 0 Å². The number of nitrogens with zero attached hydrogens (tertiary/aromatic N) is 1. The largest absolute Gasteiger partial charge is 0.495 e. The van der Waals surface area contributed by atoms with Crippen molar-refractivity contribution in [2.24, 2.45) is 0 Å². The van der Waals surface area contributed by atoms with Crippen LogP contribution in [0, 0.1) is 0 Å². The number of nitrogens with one attached hydrogen (secondary N) is 1. The molecule has 0 fully saturated rings. The molecule has 1 aromatic carbocycles. The third-order valence-corrected chi connectivity index (χ3v) is 3.85. The Kier molecular flexibility index (Phi) is 4.19. The van der Waals surface area contributed by atoms with E-state index in [4.69, 9.17) is 26.1 Å². The highest BCUT2D eigenvalue weighted by molar-refractivity contribution is 6.37. The fourth-order valence-corrected chi connectivity index (χ4v) is 2.59. The van der Waals surface area contributed by atoms with Crippen molar-refractivity contribution in [2.45, 2.75) is 26.2 Å². The van der Waals surface area contributed by atoms with Gasteiger partial charge in [0.2, 0.25) is 0 Å². The number of aromatic nitrogens is 1. The standard InChI is InChI=1S/C16H21ClN2O2/c1-16(2,3)10-7-9-13(17)11(20-5)8-12(21-6)14(9)19-15(10)18-4/h7-8H,1-6H3,(H,18,19). The molecule has 0 aliphatic heterocycles. The monoisotopic (exact) mass is 308 g/mol. The average Bonchev–Trinajstić information content (AvgIpc) is 2.45. The smallest absolute Gasteiger partial charge is 0.148 e. The van der Waals surface area contributed by atoms with Crippen LogP contribution >= 0.6 is 11.6 Å². The molecule has 21 heavy (non-hydrogen) atoms. The number of ether oxygens (including phenoxy) is 2. The van der Waals surface area contributed by atoms with E-state index in [1.807, 2.05) is 7.05 Å². The molecule has 0 radical (unpaired) electrons. The van der Waals surface area contributed by atoms with E-state index in [1.54, 1.807) is 20.3 Å². The number of rotatable bonds is 3. The molecule has 0 aliphatic rings. The van der Waals surface area contributed by atoms with Gasteiger partial charge in [0.15, 0.2) is 0 Å². The van der Waals surface area contributed by atoms with Gasteiger partial charge in [-0.1, -0.05) is 32.4 Å². The molecule has 0 unspecified atom stereocenters. The normalized spacial score (nSPS) is 11.6. The first kappa shape index (κ1) is 15.7. The Morgan fingerprint density at radius 2 is 1.71 bits per heavy atom. The van der Waals surface area contributed by atoms with Crippen LogP contribution in [0.15, 0.2) is 12.1 Å². The van der Waals surface area contributed by atoms with E-state index in [9.17, 15) is 0 Å². The van der Waals surface area contributed by atoms with Gasteiger partial charge >= 0.3 is 0 Å². The quantitative estimate of drug-likeness (QED) is 0.921. The molecule has 114 valence electrons. The maximum Gasteiger partial charge on any atom is 0.148 e. The second-order valence-electron chi connectivity index (χ2n) is 5.88. The van der Waals surface area contributed by atoms with Crippen molar-refractivity contribution in [3.63, 3.8) is 0 Å². The number of hydrogen-bond donors (Lipinski definition) is 1. The first-order valence-corrected chi connectivity index (χ1v) is 7.14. The minimum atomic E-state index is -0.0564. The highest BCUT2D eigenvalue weighted by Gasteiger charge is 2.22. The topological polar surface area (TPSA) is 43.4 Å². The molecule has 0 aliphatic carbocycles. The SMILES string of the molecule is CNc1nc2c(OC)cc(OC)c(Cl)c2cc1C(C)(C)C. The molecule has 4 nitrogen and oxygen atoms in total. The number of benzene rings is 1. The van der Waals surface area contributed by atoms with Gasteiger partial charge in [-0.05, 0) is 11.5 Å². The van der Waals surface area contributed by atoms with E-state index in [0.717, 1.165) is 22.3 Å². The van der Waals surface area contributed by atoms with Gasteiger partial charge in [0, 0.05) is 24.1 Å². The van der Waals surface area contributed by atoms with Gasteiger partial charge in [-0.25, -0.2) is 4.98 Å². The van der Waals surface area contributed by atoms with E-state index in [1.165, 1.54) is 0 Å². The summed E-state index contributed by atoms with van der Waals surface area (Å²) in [4.78, 5) is 4.69. The van der Waals surface area contributed by atoms with E-state index in [0.29, 0.717) is 16.5 Å². The molecule has 0 saturated heterocycles. The van der Waals surface area contributed by atoms with Crippen LogP contribution < -0.4 is 14.8 Å². The maximum absolute atomic E-state index is 6.45. The van der Waals surface area contributed by atoms with Gasteiger partial charge < -0.3 is 14.8 Å². The highest BCUT2D eigenvalue weighted by Crippen LogP contribution is 2.41. The maximum atomic E-state index is 6.45. The van der Waals surface area contributed by atoms with Crippen molar-refractivity contribution in [1.29, 1.82) is 0 Å². The molecule has 1 heterocycles. The van der Waals surface area contributed by atoms with Crippen LogP contribution in [0.1, 0.15) is 26.3 Å². The molecule has 0 saturated carbocycles. The van der Waals surface area contributed by atoms with Gasteiger partial charge in [-0.3, -0.25) is 0 Å². The molecule has 0 atom stereocenters. The van der Waals surface area contributed by atoms with E-state index in [-0.39, 0.29) is 5.41 Å². The number of pyridine rings is 1. The van der Waals surface area contributed by atoms with Crippen molar-refractivity contribution >= 4 is 28.3 Å². The molecule has 5 heteroatoms. The molecule has 2 aromatic rings. The van der Waals surface area contributed by atoms with Crippen LogP contribution in [0.2, 0.25) is 5.02 Å². The molecule has 0 bridgehead atoms. The Morgan fingerprint density at radius 1 is 1.10 bits per heavy atom. The van der Waals surface area contributed by atoms with Crippen LogP contribution in [0.4, 0.5) is 5.82 Å². The fraction of sp³-hybridized carbons (Fsp3) is 0.438. The van der Waals surface area contributed by atoms with Gasteiger partial charge in [-0.15, -0.1) is 0 Å². The summed E-state index contributed by atoms with van der Waals surface area (Å²) in [5.74, 6) is 2.05. The molecular weight excluding hydrogens is 288 g/mol. The summed E-state index contributed by atoms with van der Waals surface area (Å²) < 4.78 is 10.7. The minimum absolute atomic E-state index is 0.0564. The number of methoxy groups -OCH3 is 2. The molecule has 0 amide bonds. The molecule has 2 rings (SSSR count). The number of fused-ring (bicyclic) bond motifs is 1. The summed E-state index contributed by atoms with van der Waals surface area (Å²) in [6.45, 7) is 6.42. The van der Waals surface area contributed by atoms with Crippen LogP contribution in [-0.2, 0) is 5.41 Å². The third kappa shape index (κ3) is 2.72. The lowest BCUT2D eigenvalue weighted by Gasteiger charge is -2.23. The van der Waals surface area contributed by atoms with Crippen molar-refractivity contribution < 1.29 is 9.47 Å². The lowest BCUT2D eigenvalue weighted by Crippen LogP contribution is -2.15. The summed E-state index contributed by atoms with van der Waals surface area (Å²) >= 11 is 6.45. The van der Waals surface area contributed by atoms with Gasteiger partial charge in [0.1, 0.15) is 22.8 Å². The van der Waals surface area contributed by atoms with Crippen molar-refractivity contribution in [2.75, 3.05) is 26.6 Å². The fourth-order valence-electron chi connectivity index (χ4n) is 2.32.